The van der Waals surface area contributed by atoms with Crippen molar-refractivity contribution >= 4 is 11.0 Å². The maximum Gasteiger partial charge on any atom is 0.294 e. The number of fused-ring (bicyclic) bond motifs is 1. The van der Waals surface area contributed by atoms with E-state index in [0.717, 1.165) is 12.1 Å². The van der Waals surface area contributed by atoms with E-state index < -0.39 is 17.1 Å². The summed E-state index contributed by atoms with van der Waals surface area (Å²) < 4.78 is 5.09. The Labute approximate surface area is 117 Å². The minimum absolute atomic E-state index is 0.0104. The van der Waals surface area contributed by atoms with Crippen LogP contribution in [0.2, 0.25) is 0 Å². The van der Waals surface area contributed by atoms with Crippen molar-refractivity contribution in [1.82, 2.24) is 0 Å². The Morgan fingerprint density at radius 3 is 2.19 bits per heavy atom. The summed E-state index contributed by atoms with van der Waals surface area (Å²) in [7, 11) is 0. The molecule has 0 saturated heterocycles. The highest BCUT2D eigenvalue weighted by Crippen LogP contribution is 2.34. The first-order chi connectivity index (χ1) is 9.97. The normalized spacial score (nSPS) is 10.9. The lowest BCUT2D eigenvalue weighted by atomic mass is 10.0. The standard InChI is InChI=1S/C15H10O6/c16-8-3-1-7(2-4-8)12-14(19)13-10(18)5-9(17)6-11(13)21-15(12)20/h1-6,16-18,20H. The summed E-state index contributed by atoms with van der Waals surface area (Å²) in [5, 5.41) is 38.2. The highest BCUT2D eigenvalue weighted by molar-refractivity contribution is 5.89. The number of benzene rings is 2. The van der Waals surface area contributed by atoms with E-state index in [1.54, 1.807) is 0 Å². The molecule has 21 heavy (non-hydrogen) atoms. The van der Waals surface area contributed by atoms with E-state index in [9.17, 15) is 25.2 Å². The van der Waals surface area contributed by atoms with Crippen LogP contribution in [0.1, 0.15) is 0 Å². The van der Waals surface area contributed by atoms with Crippen molar-refractivity contribution in [3.05, 3.63) is 46.6 Å². The fraction of sp³-hybridized carbons (Fsp3) is 0. The summed E-state index contributed by atoms with van der Waals surface area (Å²) in [6, 6.07) is 7.72. The Hall–Kier alpha value is -3.15. The fourth-order valence-corrected chi connectivity index (χ4v) is 2.16. The van der Waals surface area contributed by atoms with E-state index in [4.69, 9.17) is 4.42 Å². The van der Waals surface area contributed by atoms with Gasteiger partial charge in [-0.2, -0.15) is 0 Å². The molecule has 0 unspecified atom stereocenters. The highest BCUT2D eigenvalue weighted by atomic mass is 16.5. The summed E-state index contributed by atoms with van der Waals surface area (Å²) in [5.41, 5.74) is -0.577. The van der Waals surface area contributed by atoms with Gasteiger partial charge in [0.1, 0.15) is 33.8 Å². The molecule has 0 aliphatic heterocycles. The van der Waals surface area contributed by atoms with Crippen LogP contribution in [-0.2, 0) is 0 Å². The second kappa shape index (κ2) is 4.45. The first-order valence-corrected chi connectivity index (χ1v) is 5.98. The minimum Gasteiger partial charge on any atom is -0.508 e. The van der Waals surface area contributed by atoms with Crippen molar-refractivity contribution in [2.75, 3.05) is 0 Å². The first-order valence-electron chi connectivity index (χ1n) is 5.98. The Morgan fingerprint density at radius 2 is 1.52 bits per heavy atom. The lowest BCUT2D eigenvalue weighted by molar-refractivity contribution is 0.341. The van der Waals surface area contributed by atoms with Gasteiger partial charge in [0.05, 0.1) is 0 Å². The molecule has 106 valence electrons. The maximum atomic E-state index is 12.4. The van der Waals surface area contributed by atoms with Crippen LogP contribution in [0, 0.1) is 0 Å². The van der Waals surface area contributed by atoms with E-state index in [1.165, 1.54) is 24.3 Å². The predicted molar refractivity (Wildman–Crippen MR) is 74.6 cm³/mol. The van der Waals surface area contributed by atoms with Crippen molar-refractivity contribution in [2.24, 2.45) is 0 Å². The summed E-state index contributed by atoms with van der Waals surface area (Å²) in [4.78, 5) is 12.4. The second-order valence-electron chi connectivity index (χ2n) is 4.50. The van der Waals surface area contributed by atoms with Gasteiger partial charge in [0.25, 0.3) is 5.95 Å². The molecule has 0 aliphatic carbocycles. The SMILES string of the molecule is O=c1c(-c2ccc(O)cc2)c(O)oc2cc(O)cc(O)c12. The average Bonchev–Trinajstić information content (AvgIpc) is 2.39. The van der Waals surface area contributed by atoms with Crippen LogP contribution in [0.3, 0.4) is 0 Å². The molecule has 1 heterocycles. The molecule has 3 aromatic rings. The predicted octanol–water partition coefficient (Wildman–Crippen LogP) is 2.28. The molecule has 3 rings (SSSR count). The molecular weight excluding hydrogens is 276 g/mol. The molecule has 0 amide bonds. The molecule has 1 aromatic heterocycles. The maximum absolute atomic E-state index is 12.4. The van der Waals surface area contributed by atoms with Crippen LogP contribution in [0.15, 0.2) is 45.6 Å². The van der Waals surface area contributed by atoms with Crippen LogP contribution in [0.25, 0.3) is 22.1 Å². The van der Waals surface area contributed by atoms with Crippen molar-refractivity contribution in [1.29, 1.82) is 0 Å². The molecule has 6 heteroatoms. The van der Waals surface area contributed by atoms with E-state index in [-0.39, 0.29) is 28.0 Å². The largest absolute Gasteiger partial charge is 0.508 e. The van der Waals surface area contributed by atoms with Gasteiger partial charge in [-0.15, -0.1) is 0 Å². The topological polar surface area (TPSA) is 111 Å². The second-order valence-corrected chi connectivity index (χ2v) is 4.50. The van der Waals surface area contributed by atoms with Crippen LogP contribution in [-0.4, -0.2) is 20.4 Å². The molecule has 6 nitrogen and oxygen atoms in total. The quantitative estimate of drug-likeness (QED) is 0.546. The molecule has 0 bridgehead atoms. The number of phenols is 3. The molecule has 0 radical (unpaired) electrons. The highest BCUT2D eigenvalue weighted by Gasteiger charge is 2.18. The summed E-state index contributed by atoms with van der Waals surface area (Å²) in [6.07, 6.45) is 0. The van der Waals surface area contributed by atoms with Gasteiger partial charge in [-0.1, -0.05) is 12.1 Å². The average molecular weight is 286 g/mol. The molecular formula is C15H10O6. The Morgan fingerprint density at radius 1 is 0.857 bits per heavy atom. The van der Waals surface area contributed by atoms with Crippen LogP contribution < -0.4 is 5.43 Å². The summed E-state index contributed by atoms with van der Waals surface area (Å²) in [5.74, 6) is -1.36. The summed E-state index contributed by atoms with van der Waals surface area (Å²) >= 11 is 0. The Bertz CT molecular complexity index is 893. The zero-order valence-electron chi connectivity index (χ0n) is 10.6. The Balaban J connectivity index is 2.39. The van der Waals surface area contributed by atoms with Crippen LogP contribution in [0.4, 0.5) is 0 Å². The number of hydrogen-bond donors (Lipinski definition) is 4. The monoisotopic (exact) mass is 286 g/mol. The number of hydrogen-bond acceptors (Lipinski definition) is 6. The Kier molecular flexibility index (Phi) is 2.72. The third kappa shape index (κ3) is 2.02. The van der Waals surface area contributed by atoms with E-state index >= 15 is 0 Å². The smallest absolute Gasteiger partial charge is 0.294 e. The fourth-order valence-electron chi connectivity index (χ4n) is 2.16. The molecule has 0 spiro atoms. The molecule has 0 atom stereocenters. The van der Waals surface area contributed by atoms with E-state index in [2.05, 4.69) is 0 Å². The van der Waals surface area contributed by atoms with Gasteiger partial charge in [0.2, 0.25) is 5.43 Å². The van der Waals surface area contributed by atoms with Crippen molar-refractivity contribution < 1.29 is 24.8 Å². The van der Waals surface area contributed by atoms with Crippen molar-refractivity contribution in [3.63, 3.8) is 0 Å². The van der Waals surface area contributed by atoms with Crippen molar-refractivity contribution in [3.8, 4) is 34.3 Å². The lowest BCUT2D eigenvalue weighted by Gasteiger charge is -2.07. The number of rotatable bonds is 1. The minimum atomic E-state index is -0.642. The van der Waals surface area contributed by atoms with Gasteiger partial charge in [-0.25, -0.2) is 0 Å². The molecule has 0 fully saturated rings. The molecule has 0 saturated carbocycles. The third-order valence-electron chi connectivity index (χ3n) is 3.10. The van der Waals surface area contributed by atoms with Crippen molar-refractivity contribution in [2.45, 2.75) is 0 Å². The van der Waals surface area contributed by atoms with Gasteiger partial charge in [-0.05, 0) is 17.7 Å². The molecule has 0 aliphatic rings. The lowest BCUT2D eigenvalue weighted by Crippen LogP contribution is -2.05. The van der Waals surface area contributed by atoms with Gasteiger partial charge in [-0.3, -0.25) is 4.79 Å². The number of aromatic hydroxyl groups is 4. The van der Waals surface area contributed by atoms with Gasteiger partial charge >= 0.3 is 0 Å². The first kappa shape index (κ1) is 12.9. The van der Waals surface area contributed by atoms with E-state index in [0.29, 0.717) is 5.56 Å². The molecule has 2 aromatic carbocycles. The van der Waals surface area contributed by atoms with Crippen LogP contribution >= 0.6 is 0 Å². The third-order valence-corrected chi connectivity index (χ3v) is 3.10. The van der Waals surface area contributed by atoms with Crippen LogP contribution in [0.5, 0.6) is 23.2 Å². The van der Waals surface area contributed by atoms with Gasteiger partial charge in [0.15, 0.2) is 0 Å². The molecule has 4 N–H and O–H groups in total. The van der Waals surface area contributed by atoms with Gasteiger partial charge < -0.3 is 24.8 Å². The van der Waals surface area contributed by atoms with E-state index in [1.807, 2.05) is 0 Å². The zero-order chi connectivity index (χ0) is 15.1. The number of phenolic OH excluding ortho intramolecular Hbond substituents is 3. The summed E-state index contributed by atoms with van der Waals surface area (Å²) in [6.45, 7) is 0. The zero-order valence-corrected chi connectivity index (χ0v) is 10.6. The van der Waals surface area contributed by atoms with Gasteiger partial charge in [0, 0.05) is 12.1 Å².